The highest BCUT2D eigenvalue weighted by atomic mass is 32.2. The second kappa shape index (κ2) is 9.41. The van der Waals surface area contributed by atoms with Gasteiger partial charge in [0, 0.05) is 16.9 Å². The summed E-state index contributed by atoms with van der Waals surface area (Å²) in [5, 5.41) is 9.10. The van der Waals surface area contributed by atoms with Gasteiger partial charge in [0.2, 0.25) is 0 Å². The van der Waals surface area contributed by atoms with Crippen molar-refractivity contribution < 1.29 is 18.7 Å². The molecule has 0 fully saturated rings. The molecular weight excluding hydrogens is 443 g/mol. The van der Waals surface area contributed by atoms with Gasteiger partial charge in [-0.25, -0.2) is 9.18 Å². The number of hydrogen-bond acceptors (Lipinski definition) is 6. The molecule has 4 rings (SSSR count). The fourth-order valence-corrected chi connectivity index (χ4v) is 4.42. The first-order chi connectivity index (χ1) is 15.9. The number of ketones is 1. The average Bonchev–Trinajstić information content (AvgIpc) is 3.38. The third-order valence-electron chi connectivity index (χ3n) is 5.19. The first kappa shape index (κ1) is 22.5. The summed E-state index contributed by atoms with van der Waals surface area (Å²) in [5.74, 6) is -0.383. The zero-order valence-corrected chi connectivity index (χ0v) is 19.1. The van der Waals surface area contributed by atoms with Crippen LogP contribution in [0.25, 0.3) is 17.1 Å². The van der Waals surface area contributed by atoms with E-state index in [4.69, 9.17) is 4.74 Å². The van der Waals surface area contributed by atoms with Gasteiger partial charge in [0.05, 0.1) is 24.1 Å². The number of aryl methyl sites for hydroxylation is 1. The zero-order valence-electron chi connectivity index (χ0n) is 18.3. The lowest BCUT2D eigenvalue weighted by atomic mass is 10.1. The molecule has 0 aliphatic heterocycles. The summed E-state index contributed by atoms with van der Waals surface area (Å²) in [6, 6.07) is 15.5. The van der Waals surface area contributed by atoms with Crippen LogP contribution in [-0.4, -0.2) is 44.4 Å². The quantitative estimate of drug-likeness (QED) is 0.241. The molecule has 0 spiro atoms. The lowest BCUT2D eigenvalue weighted by Gasteiger charge is -2.10. The van der Waals surface area contributed by atoms with Crippen molar-refractivity contribution in [2.45, 2.75) is 19.0 Å². The third kappa shape index (κ3) is 4.45. The smallest absolute Gasteiger partial charge is 0.339 e. The van der Waals surface area contributed by atoms with Gasteiger partial charge in [0.1, 0.15) is 5.82 Å². The molecule has 168 valence electrons. The first-order valence-corrected chi connectivity index (χ1v) is 11.1. The van der Waals surface area contributed by atoms with Gasteiger partial charge in [-0.3, -0.25) is 9.36 Å². The summed E-state index contributed by atoms with van der Waals surface area (Å²) in [6.45, 7) is 3.43. The van der Waals surface area contributed by atoms with Gasteiger partial charge in [-0.05, 0) is 43.7 Å². The standard InChI is InChI=1S/C24H21FN4O3S/c1-14-20(23(31)32-3)15(2)26-21(14)19(30)13-33-24-28-27-22(16-7-5-4-6-8-16)29(24)18-11-9-17(25)10-12-18/h4-12,26H,13H2,1-3H3. The molecule has 0 atom stereocenters. The maximum absolute atomic E-state index is 13.5. The van der Waals surface area contributed by atoms with Crippen molar-refractivity contribution in [1.82, 2.24) is 19.7 Å². The van der Waals surface area contributed by atoms with Crippen molar-refractivity contribution >= 4 is 23.5 Å². The minimum atomic E-state index is -0.489. The Kier molecular flexibility index (Phi) is 6.41. The summed E-state index contributed by atoms with van der Waals surface area (Å²) in [5.41, 5.74) is 3.37. The van der Waals surface area contributed by atoms with Gasteiger partial charge in [-0.15, -0.1) is 10.2 Å². The molecule has 4 aromatic rings. The number of methoxy groups -OCH3 is 1. The van der Waals surface area contributed by atoms with E-state index in [0.29, 0.717) is 39.2 Å². The number of rotatable bonds is 7. The Morgan fingerprint density at radius 3 is 2.42 bits per heavy atom. The van der Waals surface area contributed by atoms with Crippen LogP contribution in [-0.2, 0) is 4.74 Å². The van der Waals surface area contributed by atoms with Crippen LogP contribution in [0.5, 0.6) is 0 Å². The van der Waals surface area contributed by atoms with Crippen LogP contribution < -0.4 is 0 Å². The summed E-state index contributed by atoms with van der Waals surface area (Å²) in [6.07, 6.45) is 0. The Labute approximate surface area is 194 Å². The number of Topliss-reactive ketones (excluding diaryl/α,β-unsaturated/α-hetero) is 1. The third-order valence-corrected chi connectivity index (χ3v) is 6.12. The molecule has 7 nitrogen and oxygen atoms in total. The molecule has 9 heteroatoms. The Balaban J connectivity index is 1.65. The van der Waals surface area contributed by atoms with Crippen molar-refractivity contribution in [2.24, 2.45) is 0 Å². The van der Waals surface area contributed by atoms with Crippen molar-refractivity contribution in [3.63, 3.8) is 0 Å². The van der Waals surface area contributed by atoms with E-state index in [1.807, 2.05) is 30.3 Å². The molecule has 0 saturated carbocycles. The zero-order chi connectivity index (χ0) is 23.5. The van der Waals surface area contributed by atoms with E-state index < -0.39 is 5.97 Å². The Morgan fingerprint density at radius 1 is 1.06 bits per heavy atom. The highest BCUT2D eigenvalue weighted by Crippen LogP contribution is 2.29. The van der Waals surface area contributed by atoms with E-state index in [2.05, 4.69) is 15.2 Å². The number of hydrogen-bond donors (Lipinski definition) is 1. The molecule has 0 radical (unpaired) electrons. The van der Waals surface area contributed by atoms with Crippen LogP contribution in [0.3, 0.4) is 0 Å². The SMILES string of the molecule is COC(=O)c1c(C)[nH]c(C(=O)CSc2nnc(-c3ccccc3)n2-c2ccc(F)cc2)c1C. The van der Waals surface area contributed by atoms with E-state index in [9.17, 15) is 14.0 Å². The number of halogens is 1. The van der Waals surface area contributed by atoms with Crippen LogP contribution in [0.4, 0.5) is 4.39 Å². The van der Waals surface area contributed by atoms with E-state index in [-0.39, 0.29) is 17.4 Å². The van der Waals surface area contributed by atoms with Crippen LogP contribution in [0, 0.1) is 19.7 Å². The van der Waals surface area contributed by atoms with E-state index >= 15 is 0 Å². The maximum atomic E-state index is 13.5. The molecule has 0 unspecified atom stereocenters. The highest BCUT2D eigenvalue weighted by molar-refractivity contribution is 7.99. The number of benzene rings is 2. The van der Waals surface area contributed by atoms with Crippen molar-refractivity contribution in [3.05, 3.63) is 82.9 Å². The summed E-state index contributed by atoms with van der Waals surface area (Å²) >= 11 is 1.21. The average molecular weight is 465 g/mol. The van der Waals surface area contributed by atoms with Crippen LogP contribution >= 0.6 is 11.8 Å². The molecular formula is C24H21FN4O3S. The largest absolute Gasteiger partial charge is 0.465 e. The van der Waals surface area contributed by atoms with Gasteiger partial charge in [-0.1, -0.05) is 42.1 Å². The minimum Gasteiger partial charge on any atom is -0.465 e. The van der Waals surface area contributed by atoms with E-state index in [0.717, 1.165) is 5.56 Å². The number of carbonyl (C=O) groups excluding carboxylic acids is 2. The van der Waals surface area contributed by atoms with Crippen molar-refractivity contribution in [1.29, 1.82) is 0 Å². The molecule has 0 amide bonds. The topological polar surface area (TPSA) is 89.9 Å². The molecule has 0 bridgehead atoms. The number of thioether (sulfide) groups is 1. The fourth-order valence-electron chi connectivity index (χ4n) is 3.60. The molecule has 0 aliphatic rings. The minimum absolute atomic E-state index is 0.0650. The van der Waals surface area contributed by atoms with Crippen molar-refractivity contribution in [2.75, 3.05) is 12.9 Å². The van der Waals surface area contributed by atoms with Crippen molar-refractivity contribution in [3.8, 4) is 17.1 Å². The number of aromatic amines is 1. The molecule has 1 N–H and O–H groups in total. The van der Waals surface area contributed by atoms with Crippen LogP contribution in [0.15, 0.2) is 59.8 Å². The number of nitrogens with zero attached hydrogens (tertiary/aromatic N) is 3. The van der Waals surface area contributed by atoms with Gasteiger partial charge >= 0.3 is 5.97 Å². The molecule has 2 heterocycles. The Hall–Kier alpha value is -3.72. The number of esters is 1. The normalized spacial score (nSPS) is 10.9. The number of H-pyrrole nitrogens is 1. The van der Waals surface area contributed by atoms with Crippen LogP contribution in [0.1, 0.15) is 32.1 Å². The second-order valence-corrected chi connectivity index (χ2v) is 8.25. The van der Waals surface area contributed by atoms with E-state index in [1.54, 1.807) is 30.5 Å². The highest BCUT2D eigenvalue weighted by Gasteiger charge is 2.24. The fraction of sp³-hybridized carbons (Fsp3) is 0.167. The second-order valence-electron chi connectivity index (χ2n) is 7.31. The number of carbonyl (C=O) groups is 2. The summed E-state index contributed by atoms with van der Waals surface area (Å²) in [7, 11) is 1.30. The molecule has 33 heavy (non-hydrogen) atoms. The van der Waals surface area contributed by atoms with Gasteiger partial charge in [0.15, 0.2) is 16.8 Å². The molecule has 0 aliphatic carbocycles. The predicted octanol–water partition coefficient (Wildman–Crippen LogP) is 4.78. The maximum Gasteiger partial charge on any atom is 0.339 e. The molecule has 2 aromatic carbocycles. The first-order valence-electron chi connectivity index (χ1n) is 10.1. The predicted molar refractivity (Wildman–Crippen MR) is 123 cm³/mol. The van der Waals surface area contributed by atoms with Crippen LogP contribution in [0.2, 0.25) is 0 Å². The lowest BCUT2D eigenvalue weighted by molar-refractivity contribution is 0.0599. The number of ether oxygens (including phenoxy) is 1. The monoisotopic (exact) mass is 464 g/mol. The lowest BCUT2D eigenvalue weighted by Crippen LogP contribution is -2.08. The Bertz CT molecular complexity index is 1310. The number of aromatic nitrogens is 4. The van der Waals surface area contributed by atoms with Gasteiger partial charge in [0.25, 0.3) is 0 Å². The number of nitrogens with one attached hydrogen (secondary N) is 1. The van der Waals surface area contributed by atoms with E-state index in [1.165, 1.54) is 31.0 Å². The van der Waals surface area contributed by atoms with Gasteiger partial charge < -0.3 is 9.72 Å². The summed E-state index contributed by atoms with van der Waals surface area (Å²) < 4.78 is 20.1. The molecule has 0 saturated heterocycles. The molecule has 2 aromatic heterocycles. The Morgan fingerprint density at radius 2 is 1.76 bits per heavy atom. The summed E-state index contributed by atoms with van der Waals surface area (Å²) in [4.78, 5) is 28.0. The van der Waals surface area contributed by atoms with Gasteiger partial charge in [-0.2, -0.15) is 0 Å².